The first-order valence-corrected chi connectivity index (χ1v) is 5.36. The lowest BCUT2D eigenvalue weighted by Gasteiger charge is -1.90. The van der Waals surface area contributed by atoms with E-state index >= 15 is 0 Å². The molecule has 0 unspecified atom stereocenters. The van der Waals surface area contributed by atoms with Gasteiger partial charge < -0.3 is 4.42 Å². The molecule has 0 N–H and O–H groups in total. The van der Waals surface area contributed by atoms with Gasteiger partial charge in [0.2, 0.25) is 5.89 Å². The molecule has 1 aromatic heterocycles. The molecule has 0 spiro atoms. The van der Waals surface area contributed by atoms with E-state index in [1.54, 1.807) is 18.2 Å². The van der Waals surface area contributed by atoms with Crippen LogP contribution in [0.25, 0.3) is 11.1 Å². The van der Waals surface area contributed by atoms with Gasteiger partial charge >= 0.3 is 0 Å². The van der Waals surface area contributed by atoms with Crippen LogP contribution < -0.4 is 0 Å². The van der Waals surface area contributed by atoms with Crippen LogP contribution in [0.3, 0.4) is 0 Å². The van der Waals surface area contributed by atoms with Crippen molar-refractivity contribution in [3.8, 4) is 0 Å². The third-order valence-electron chi connectivity index (χ3n) is 1.77. The zero-order chi connectivity index (χ0) is 10.1. The Bertz CT molecular complexity index is 495. The summed E-state index contributed by atoms with van der Waals surface area (Å²) in [5.74, 6) is 0.583. The van der Waals surface area contributed by atoms with Crippen molar-refractivity contribution in [2.75, 3.05) is 0 Å². The molecule has 0 bridgehead atoms. The van der Waals surface area contributed by atoms with E-state index in [-0.39, 0.29) is 0 Å². The Hall–Kier alpha value is -0.870. The molecule has 0 saturated carbocycles. The van der Waals surface area contributed by atoms with Crippen molar-refractivity contribution < 1.29 is 9.21 Å². The zero-order valence-electron chi connectivity index (χ0n) is 6.96. The van der Waals surface area contributed by atoms with E-state index in [0.29, 0.717) is 27.9 Å². The number of alkyl halides is 1. The van der Waals surface area contributed by atoms with E-state index in [0.717, 1.165) is 0 Å². The highest BCUT2D eigenvalue weighted by Crippen LogP contribution is 2.19. The van der Waals surface area contributed by atoms with E-state index in [1.807, 2.05) is 0 Å². The number of oxazole rings is 1. The number of aromatic nitrogens is 1. The summed E-state index contributed by atoms with van der Waals surface area (Å²) in [6.45, 7) is 0. The summed E-state index contributed by atoms with van der Waals surface area (Å²) >= 11 is 8.57. The Labute approximate surface area is 93.2 Å². The first-order chi connectivity index (χ1) is 6.70. The molecule has 0 amide bonds. The highest BCUT2D eigenvalue weighted by molar-refractivity contribution is 9.08. The van der Waals surface area contributed by atoms with Gasteiger partial charge in [-0.3, -0.25) is 4.79 Å². The Morgan fingerprint density at radius 1 is 1.57 bits per heavy atom. The molecule has 0 aliphatic heterocycles. The molecule has 0 radical (unpaired) electrons. The molecule has 3 nitrogen and oxygen atoms in total. The van der Waals surface area contributed by atoms with Crippen molar-refractivity contribution in [1.29, 1.82) is 0 Å². The van der Waals surface area contributed by atoms with Gasteiger partial charge in [-0.25, -0.2) is 4.98 Å². The number of hydrogen-bond acceptors (Lipinski definition) is 3. The fraction of sp³-hybridized carbons (Fsp3) is 0.111. The lowest BCUT2D eigenvalue weighted by molar-refractivity contribution is 0.108. The minimum absolute atomic E-state index is 0.425. The summed E-state index contributed by atoms with van der Waals surface area (Å²) in [6, 6.07) is 4.91. The molecule has 0 aliphatic rings. The molecule has 0 atom stereocenters. The average molecular weight is 275 g/mol. The minimum Gasteiger partial charge on any atom is -0.440 e. The van der Waals surface area contributed by atoms with Crippen LogP contribution in [0.2, 0.25) is 0 Å². The second-order valence-electron chi connectivity index (χ2n) is 2.70. The van der Waals surface area contributed by atoms with Gasteiger partial charge in [-0.15, -0.1) is 0 Å². The third-order valence-corrected chi connectivity index (χ3v) is 2.47. The predicted octanol–water partition coefficient (Wildman–Crippen LogP) is 3.10. The Kier molecular flexibility index (Phi) is 2.56. The summed E-state index contributed by atoms with van der Waals surface area (Å²) in [7, 11) is 0. The fourth-order valence-electron chi connectivity index (χ4n) is 1.15. The van der Waals surface area contributed by atoms with Gasteiger partial charge in [-0.2, -0.15) is 0 Å². The molecular weight excluding hydrogens is 269 g/mol. The molecule has 0 saturated heterocycles. The first kappa shape index (κ1) is 9.68. The van der Waals surface area contributed by atoms with Gasteiger partial charge in [0, 0.05) is 5.56 Å². The molecule has 1 aromatic carbocycles. The van der Waals surface area contributed by atoms with E-state index < -0.39 is 5.24 Å². The number of fused-ring (bicyclic) bond motifs is 1. The SMILES string of the molecule is O=C(Cl)c1ccc2oc(CBr)nc2c1. The van der Waals surface area contributed by atoms with E-state index in [1.165, 1.54) is 0 Å². The number of halogens is 2. The van der Waals surface area contributed by atoms with Gasteiger partial charge in [0.1, 0.15) is 5.52 Å². The van der Waals surface area contributed by atoms with Crippen molar-refractivity contribution in [2.24, 2.45) is 0 Å². The zero-order valence-corrected chi connectivity index (χ0v) is 9.30. The van der Waals surface area contributed by atoms with E-state index in [4.69, 9.17) is 16.0 Å². The molecular formula is C9H5BrClNO2. The maximum Gasteiger partial charge on any atom is 0.252 e. The molecule has 5 heteroatoms. The number of rotatable bonds is 2. The van der Waals surface area contributed by atoms with Crippen LogP contribution in [0.1, 0.15) is 16.2 Å². The van der Waals surface area contributed by atoms with Crippen LogP contribution in [-0.4, -0.2) is 10.2 Å². The lowest BCUT2D eigenvalue weighted by atomic mass is 10.2. The highest BCUT2D eigenvalue weighted by Gasteiger charge is 2.07. The maximum atomic E-state index is 10.9. The smallest absolute Gasteiger partial charge is 0.252 e. The Morgan fingerprint density at radius 2 is 2.36 bits per heavy atom. The molecule has 2 aromatic rings. The Balaban J connectivity index is 2.59. The van der Waals surface area contributed by atoms with Crippen LogP contribution in [0, 0.1) is 0 Å². The van der Waals surface area contributed by atoms with Crippen molar-refractivity contribution >= 4 is 43.9 Å². The lowest BCUT2D eigenvalue weighted by Crippen LogP contribution is -1.86. The molecule has 1 heterocycles. The molecule has 72 valence electrons. The Morgan fingerprint density at radius 3 is 3.00 bits per heavy atom. The van der Waals surface area contributed by atoms with Crippen LogP contribution in [-0.2, 0) is 5.33 Å². The van der Waals surface area contributed by atoms with Crippen molar-refractivity contribution in [2.45, 2.75) is 5.33 Å². The fourth-order valence-corrected chi connectivity index (χ4v) is 1.51. The summed E-state index contributed by atoms with van der Waals surface area (Å²) in [5.41, 5.74) is 1.72. The van der Waals surface area contributed by atoms with E-state index in [2.05, 4.69) is 20.9 Å². The summed E-state index contributed by atoms with van der Waals surface area (Å²) in [5, 5.41) is 0.0570. The van der Waals surface area contributed by atoms with Crippen LogP contribution >= 0.6 is 27.5 Å². The monoisotopic (exact) mass is 273 g/mol. The number of carbonyl (C=O) groups is 1. The van der Waals surface area contributed by atoms with Crippen LogP contribution in [0.5, 0.6) is 0 Å². The number of hydrogen-bond donors (Lipinski definition) is 0. The number of nitrogens with zero attached hydrogens (tertiary/aromatic N) is 1. The quantitative estimate of drug-likeness (QED) is 0.624. The second-order valence-corrected chi connectivity index (χ2v) is 3.60. The van der Waals surface area contributed by atoms with Crippen molar-refractivity contribution in [1.82, 2.24) is 4.98 Å². The van der Waals surface area contributed by atoms with Gasteiger partial charge in [0.05, 0.1) is 5.33 Å². The van der Waals surface area contributed by atoms with Crippen LogP contribution in [0.15, 0.2) is 22.6 Å². The van der Waals surface area contributed by atoms with Crippen molar-refractivity contribution in [3.05, 3.63) is 29.7 Å². The van der Waals surface area contributed by atoms with Gasteiger partial charge in [-0.05, 0) is 29.8 Å². The second kappa shape index (κ2) is 3.71. The number of benzene rings is 1. The largest absolute Gasteiger partial charge is 0.440 e. The van der Waals surface area contributed by atoms with Gasteiger partial charge in [0.25, 0.3) is 5.24 Å². The average Bonchev–Trinajstić information content (AvgIpc) is 2.58. The molecule has 14 heavy (non-hydrogen) atoms. The predicted molar refractivity (Wildman–Crippen MR) is 56.8 cm³/mol. The summed E-state index contributed by atoms with van der Waals surface area (Å²) < 4.78 is 5.34. The molecule has 2 rings (SSSR count). The molecule has 0 aliphatic carbocycles. The highest BCUT2D eigenvalue weighted by atomic mass is 79.9. The number of carbonyl (C=O) groups excluding carboxylic acids is 1. The first-order valence-electron chi connectivity index (χ1n) is 3.86. The molecule has 0 fully saturated rings. The topological polar surface area (TPSA) is 43.1 Å². The normalized spacial score (nSPS) is 10.7. The van der Waals surface area contributed by atoms with Gasteiger partial charge in [-0.1, -0.05) is 15.9 Å². The standard InChI is InChI=1S/C9H5BrClNO2/c10-4-8-12-6-3-5(9(11)13)1-2-7(6)14-8/h1-3H,4H2. The van der Waals surface area contributed by atoms with E-state index in [9.17, 15) is 4.79 Å². The maximum absolute atomic E-state index is 10.9. The van der Waals surface area contributed by atoms with Crippen molar-refractivity contribution in [3.63, 3.8) is 0 Å². The van der Waals surface area contributed by atoms with Gasteiger partial charge in [0.15, 0.2) is 5.58 Å². The van der Waals surface area contributed by atoms with Crippen LogP contribution in [0.4, 0.5) is 0 Å². The summed E-state index contributed by atoms with van der Waals surface area (Å²) in [4.78, 5) is 15.0. The minimum atomic E-state index is -0.490. The summed E-state index contributed by atoms with van der Waals surface area (Å²) in [6.07, 6.45) is 0. The third kappa shape index (κ3) is 1.67.